The summed E-state index contributed by atoms with van der Waals surface area (Å²) in [5.41, 5.74) is 1.43. The molecule has 0 aliphatic carbocycles. The Labute approximate surface area is 166 Å². The van der Waals surface area contributed by atoms with Crippen LogP contribution >= 0.6 is 11.6 Å². The van der Waals surface area contributed by atoms with E-state index in [4.69, 9.17) is 16.0 Å². The Kier molecular flexibility index (Phi) is 8.06. The summed E-state index contributed by atoms with van der Waals surface area (Å²) < 4.78 is 17.3. The topological polar surface area (TPSA) is 88.4 Å². The van der Waals surface area contributed by atoms with Gasteiger partial charge in [0, 0.05) is 34.0 Å². The highest BCUT2D eigenvalue weighted by Gasteiger charge is 2.15. The number of anilines is 1. The number of rotatable bonds is 9. The van der Waals surface area contributed by atoms with Gasteiger partial charge in [-0.2, -0.15) is 0 Å². The summed E-state index contributed by atoms with van der Waals surface area (Å²) in [7, 11) is -1.59. The summed E-state index contributed by atoms with van der Waals surface area (Å²) in [6, 6.07) is 8.75. The number of hydrogen-bond donors (Lipinski definition) is 2. The second-order valence-corrected chi connectivity index (χ2v) is 8.19. The molecule has 1 aromatic carbocycles. The maximum Gasteiger partial charge on any atom is 0.237 e. The summed E-state index contributed by atoms with van der Waals surface area (Å²) >= 11 is 6.01. The van der Waals surface area contributed by atoms with Crippen LogP contribution in [-0.2, 0) is 26.8 Å². The Hall–Kier alpha value is -2.12. The van der Waals surface area contributed by atoms with Crippen LogP contribution in [0.5, 0.6) is 0 Å². The molecule has 0 radical (unpaired) electrons. The Morgan fingerprint density at radius 2 is 1.96 bits per heavy atom. The van der Waals surface area contributed by atoms with Crippen LogP contribution in [0.3, 0.4) is 0 Å². The molecule has 1 aromatic heterocycles. The summed E-state index contributed by atoms with van der Waals surface area (Å²) in [5.74, 6) is -0.377. The molecule has 0 fully saturated rings. The number of hydrogen-bond acceptors (Lipinski definition) is 4. The highest BCUT2D eigenvalue weighted by molar-refractivity contribution is 7.86. The predicted octanol–water partition coefficient (Wildman–Crippen LogP) is 3.07. The summed E-state index contributed by atoms with van der Waals surface area (Å²) in [5, 5.41) is 5.96. The van der Waals surface area contributed by atoms with Crippen LogP contribution in [0.15, 0.2) is 41.0 Å². The van der Waals surface area contributed by atoms with Gasteiger partial charge in [0.2, 0.25) is 11.8 Å². The van der Waals surface area contributed by atoms with Gasteiger partial charge in [0.1, 0.15) is 17.3 Å². The first-order valence-electron chi connectivity index (χ1n) is 8.56. The summed E-state index contributed by atoms with van der Waals surface area (Å²) in [6.45, 7) is 3.73. The van der Waals surface area contributed by atoms with Crippen LogP contribution in [0.25, 0.3) is 0 Å². The van der Waals surface area contributed by atoms with Crippen LogP contribution in [0, 0.1) is 6.92 Å². The van der Waals surface area contributed by atoms with Crippen molar-refractivity contribution in [1.82, 2.24) is 5.32 Å². The molecule has 0 bridgehead atoms. The Morgan fingerprint density at radius 1 is 1.22 bits per heavy atom. The van der Waals surface area contributed by atoms with Crippen molar-refractivity contribution in [3.8, 4) is 0 Å². The lowest BCUT2D eigenvalue weighted by atomic mass is 10.1. The monoisotopic (exact) mass is 410 g/mol. The first-order valence-corrected chi connectivity index (χ1v) is 10.4. The van der Waals surface area contributed by atoms with E-state index in [-0.39, 0.29) is 23.5 Å². The van der Waals surface area contributed by atoms with Crippen LogP contribution in [0.2, 0.25) is 5.02 Å². The molecule has 0 aliphatic rings. The van der Waals surface area contributed by atoms with Crippen molar-refractivity contribution < 1.29 is 18.2 Å². The first kappa shape index (κ1) is 21.2. The molecule has 2 atom stereocenters. The second kappa shape index (κ2) is 10.3. The van der Waals surface area contributed by atoms with E-state index in [0.29, 0.717) is 23.6 Å². The zero-order chi connectivity index (χ0) is 19.8. The van der Waals surface area contributed by atoms with Gasteiger partial charge < -0.3 is 15.1 Å². The van der Waals surface area contributed by atoms with E-state index in [1.165, 1.54) is 0 Å². The summed E-state index contributed by atoms with van der Waals surface area (Å²) in [4.78, 5) is 23.9. The number of nitrogens with one attached hydrogen (secondary N) is 2. The molecule has 0 saturated carbocycles. The third-order valence-corrected chi connectivity index (χ3v) is 5.43. The third-order valence-electron chi connectivity index (χ3n) is 3.85. The number of carbonyl (C=O) groups excluding carboxylic acids is 2. The van der Waals surface area contributed by atoms with Gasteiger partial charge >= 0.3 is 0 Å². The second-order valence-electron chi connectivity index (χ2n) is 6.33. The van der Waals surface area contributed by atoms with Gasteiger partial charge in [0.25, 0.3) is 0 Å². The van der Waals surface area contributed by atoms with Crippen molar-refractivity contribution in [3.63, 3.8) is 0 Å². The smallest absolute Gasteiger partial charge is 0.237 e. The minimum absolute atomic E-state index is 0.0804. The fourth-order valence-electron chi connectivity index (χ4n) is 2.41. The number of furan rings is 1. The lowest BCUT2D eigenvalue weighted by Crippen LogP contribution is -2.37. The van der Waals surface area contributed by atoms with Crippen molar-refractivity contribution in [2.24, 2.45) is 0 Å². The lowest BCUT2D eigenvalue weighted by Gasteiger charge is -2.13. The zero-order valence-electron chi connectivity index (χ0n) is 15.3. The minimum Gasteiger partial charge on any atom is -0.469 e. The maximum atomic E-state index is 12.0. The summed E-state index contributed by atoms with van der Waals surface area (Å²) in [6.07, 6.45) is 3.02. The van der Waals surface area contributed by atoms with E-state index in [2.05, 4.69) is 10.6 Å². The molecule has 6 nitrogen and oxygen atoms in total. The van der Waals surface area contributed by atoms with Gasteiger partial charge in [-0.1, -0.05) is 17.7 Å². The van der Waals surface area contributed by atoms with Crippen molar-refractivity contribution in [2.75, 3.05) is 16.8 Å². The molecular formula is C19H23ClN2O4S. The van der Waals surface area contributed by atoms with E-state index in [9.17, 15) is 13.8 Å². The van der Waals surface area contributed by atoms with E-state index >= 15 is 0 Å². The van der Waals surface area contributed by atoms with Crippen molar-refractivity contribution in [2.45, 2.75) is 32.7 Å². The zero-order valence-corrected chi connectivity index (χ0v) is 16.9. The molecule has 2 amide bonds. The highest BCUT2D eigenvalue weighted by Crippen LogP contribution is 2.19. The maximum absolute atomic E-state index is 12.0. The van der Waals surface area contributed by atoms with Gasteiger partial charge in [-0.25, -0.2) is 0 Å². The molecule has 2 rings (SSSR count). The molecule has 1 heterocycles. The average Bonchev–Trinajstić information content (AvgIpc) is 3.09. The Balaban J connectivity index is 1.71. The number of aryl methyl sites for hydroxylation is 2. The first-order chi connectivity index (χ1) is 12.8. The van der Waals surface area contributed by atoms with Crippen LogP contribution in [0.4, 0.5) is 5.69 Å². The molecule has 146 valence electrons. The molecular weight excluding hydrogens is 388 g/mol. The third kappa shape index (κ3) is 7.56. The number of halogens is 1. The fraction of sp³-hybridized carbons (Fsp3) is 0.368. The molecule has 0 aliphatic heterocycles. The number of carbonyl (C=O) groups is 2. The van der Waals surface area contributed by atoms with E-state index in [1.54, 1.807) is 24.5 Å². The van der Waals surface area contributed by atoms with Gasteiger partial charge in [0.15, 0.2) is 0 Å². The van der Waals surface area contributed by atoms with E-state index < -0.39 is 16.7 Å². The number of benzene rings is 1. The highest BCUT2D eigenvalue weighted by atomic mass is 35.5. The van der Waals surface area contributed by atoms with Crippen molar-refractivity contribution >= 4 is 39.9 Å². The van der Waals surface area contributed by atoms with E-state index in [0.717, 1.165) is 11.3 Å². The standard InChI is InChI=1S/C19H23ClN2O4S/c1-13-5-7-15(10-17(13)20)22-19(24)12-27(25)11-18(23)21-14(2)6-8-16-4-3-9-26-16/h3-5,7,9-10,14H,6,8,11-12H2,1-2H3,(H,21,23)(H,22,24)/t14-,27-/m1/s1. The lowest BCUT2D eigenvalue weighted by molar-refractivity contribution is -0.119. The van der Waals surface area contributed by atoms with Gasteiger partial charge in [-0.3, -0.25) is 13.8 Å². The SMILES string of the molecule is Cc1ccc(NC(=O)C[S@](=O)CC(=O)N[C@H](C)CCc2ccco2)cc1Cl. The molecule has 0 saturated heterocycles. The quantitative estimate of drug-likeness (QED) is 0.664. The number of amides is 2. The van der Waals surface area contributed by atoms with Gasteiger partial charge in [-0.05, 0) is 50.1 Å². The molecule has 2 aromatic rings. The molecule has 0 unspecified atom stereocenters. The minimum atomic E-state index is -1.59. The van der Waals surface area contributed by atoms with Crippen LogP contribution in [0.1, 0.15) is 24.7 Å². The predicted molar refractivity (Wildman–Crippen MR) is 107 cm³/mol. The van der Waals surface area contributed by atoms with Gasteiger partial charge in [-0.15, -0.1) is 0 Å². The van der Waals surface area contributed by atoms with Crippen LogP contribution in [-0.4, -0.2) is 33.6 Å². The normalized spacial score (nSPS) is 13.0. The largest absolute Gasteiger partial charge is 0.469 e. The molecule has 0 spiro atoms. The van der Waals surface area contributed by atoms with Crippen molar-refractivity contribution in [1.29, 1.82) is 0 Å². The Bertz CT molecular complexity index is 808. The van der Waals surface area contributed by atoms with E-state index in [1.807, 2.05) is 26.0 Å². The van der Waals surface area contributed by atoms with Gasteiger partial charge in [0.05, 0.1) is 6.26 Å². The molecule has 27 heavy (non-hydrogen) atoms. The molecule has 8 heteroatoms. The van der Waals surface area contributed by atoms with Crippen LogP contribution < -0.4 is 10.6 Å². The fourth-order valence-corrected chi connectivity index (χ4v) is 3.44. The average molecular weight is 411 g/mol. The molecule has 2 N–H and O–H groups in total. The Morgan fingerprint density at radius 3 is 2.63 bits per heavy atom. The van der Waals surface area contributed by atoms with Crippen molar-refractivity contribution in [3.05, 3.63) is 52.9 Å².